The largest absolute Gasteiger partial charge is 0.385 e. The van der Waals surface area contributed by atoms with Crippen molar-refractivity contribution in [2.45, 2.75) is 32.2 Å². The number of hydrogen-bond acceptors (Lipinski definition) is 2. The molecular formula is C18H26N2O. The molecule has 1 aliphatic heterocycles. The van der Waals surface area contributed by atoms with E-state index < -0.39 is 0 Å². The van der Waals surface area contributed by atoms with Gasteiger partial charge in [0.05, 0.1) is 0 Å². The zero-order chi connectivity index (χ0) is 14.5. The van der Waals surface area contributed by atoms with Crippen LogP contribution >= 0.6 is 0 Å². The lowest BCUT2D eigenvalue weighted by Crippen LogP contribution is -2.35. The predicted molar refractivity (Wildman–Crippen MR) is 87.4 cm³/mol. The normalized spacial score (nSPS) is 20.1. The number of benzene rings is 1. The number of fused-ring (bicyclic) bond motifs is 1. The van der Waals surface area contributed by atoms with E-state index in [-0.39, 0.29) is 0 Å². The molecule has 1 N–H and O–H groups in total. The fourth-order valence-electron chi connectivity index (χ4n) is 3.51. The molecule has 2 aromatic rings. The van der Waals surface area contributed by atoms with Crippen molar-refractivity contribution in [3.63, 3.8) is 0 Å². The summed E-state index contributed by atoms with van der Waals surface area (Å²) in [6, 6.07) is 8.93. The smallest absolute Gasteiger partial charge is 0.0462 e. The van der Waals surface area contributed by atoms with Crippen molar-refractivity contribution in [2.24, 2.45) is 5.92 Å². The molecule has 1 atom stereocenters. The molecule has 21 heavy (non-hydrogen) atoms. The Morgan fingerprint density at radius 3 is 3.19 bits per heavy atom. The maximum atomic E-state index is 5.17. The highest BCUT2D eigenvalue weighted by molar-refractivity contribution is 5.79. The Morgan fingerprint density at radius 2 is 2.29 bits per heavy atom. The molecule has 3 rings (SSSR count). The van der Waals surface area contributed by atoms with E-state index in [0.29, 0.717) is 0 Å². The summed E-state index contributed by atoms with van der Waals surface area (Å²) in [5.41, 5.74) is 2.66. The average Bonchev–Trinajstić information content (AvgIpc) is 2.95. The van der Waals surface area contributed by atoms with Crippen LogP contribution in [0.3, 0.4) is 0 Å². The van der Waals surface area contributed by atoms with E-state index in [0.717, 1.165) is 19.1 Å². The molecule has 0 aliphatic carbocycles. The lowest BCUT2D eigenvalue weighted by Gasteiger charge is -2.32. The summed E-state index contributed by atoms with van der Waals surface area (Å²) >= 11 is 0. The number of likely N-dealkylation sites (tertiary alicyclic amines) is 1. The molecule has 0 bridgehead atoms. The van der Waals surface area contributed by atoms with Crippen molar-refractivity contribution >= 4 is 10.9 Å². The zero-order valence-corrected chi connectivity index (χ0v) is 13.0. The lowest BCUT2D eigenvalue weighted by atomic mass is 9.93. The molecule has 1 aromatic heterocycles. The van der Waals surface area contributed by atoms with Crippen molar-refractivity contribution in [1.82, 2.24) is 9.88 Å². The number of nitrogens with zero attached hydrogens (tertiary/aromatic N) is 1. The molecule has 1 aliphatic rings. The highest BCUT2D eigenvalue weighted by Gasteiger charge is 2.19. The van der Waals surface area contributed by atoms with Gasteiger partial charge in [0.1, 0.15) is 0 Å². The fraction of sp³-hybridized carbons (Fsp3) is 0.556. The van der Waals surface area contributed by atoms with Crippen LogP contribution in [-0.2, 0) is 11.3 Å². The van der Waals surface area contributed by atoms with Crippen molar-refractivity contribution < 1.29 is 4.74 Å². The second-order valence-corrected chi connectivity index (χ2v) is 6.28. The van der Waals surface area contributed by atoms with Crippen LogP contribution in [0.4, 0.5) is 0 Å². The number of ether oxygens (including phenoxy) is 1. The van der Waals surface area contributed by atoms with E-state index in [1.165, 1.54) is 55.2 Å². The van der Waals surface area contributed by atoms with Gasteiger partial charge in [0.2, 0.25) is 0 Å². The Labute approximate surface area is 127 Å². The molecule has 3 heteroatoms. The number of rotatable bonds is 6. The van der Waals surface area contributed by atoms with Gasteiger partial charge in [0.15, 0.2) is 0 Å². The highest BCUT2D eigenvalue weighted by Crippen LogP contribution is 2.23. The third kappa shape index (κ3) is 3.86. The molecular weight excluding hydrogens is 260 g/mol. The van der Waals surface area contributed by atoms with Crippen LogP contribution < -0.4 is 0 Å². The molecule has 1 fully saturated rings. The molecule has 0 spiro atoms. The Kier molecular flexibility index (Phi) is 4.94. The first-order chi connectivity index (χ1) is 10.3. The SMILES string of the molecule is COCCCC1CCCN(Cc2ccc3[nH]ccc3c2)C1. The molecule has 2 heterocycles. The number of H-pyrrole nitrogens is 1. The van der Waals surface area contributed by atoms with Gasteiger partial charge < -0.3 is 9.72 Å². The summed E-state index contributed by atoms with van der Waals surface area (Å²) < 4.78 is 5.17. The van der Waals surface area contributed by atoms with Crippen LogP contribution in [0.5, 0.6) is 0 Å². The van der Waals surface area contributed by atoms with E-state index in [1.807, 2.05) is 6.20 Å². The molecule has 114 valence electrons. The van der Waals surface area contributed by atoms with E-state index in [2.05, 4.69) is 34.1 Å². The average molecular weight is 286 g/mol. The minimum absolute atomic E-state index is 0.852. The van der Waals surface area contributed by atoms with Gasteiger partial charge >= 0.3 is 0 Å². The molecule has 1 saturated heterocycles. The molecule has 0 saturated carbocycles. The fourth-order valence-corrected chi connectivity index (χ4v) is 3.51. The quantitative estimate of drug-likeness (QED) is 0.818. The van der Waals surface area contributed by atoms with E-state index in [1.54, 1.807) is 7.11 Å². The van der Waals surface area contributed by atoms with Gasteiger partial charge in [-0.05, 0) is 67.3 Å². The number of hydrogen-bond donors (Lipinski definition) is 1. The van der Waals surface area contributed by atoms with Crippen LogP contribution in [-0.4, -0.2) is 36.7 Å². The minimum Gasteiger partial charge on any atom is -0.385 e. The molecule has 0 amide bonds. The predicted octanol–water partition coefficient (Wildman–Crippen LogP) is 3.81. The maximum Gasteiger partial charge on any atom is 0.0462 e. The standard InChI is InChI=1S/C18H26N2O/c1-21-11-3-5-15-4-2-10-20(13-15)14-16-6-7-18-17(12-16)8-9-19-18/h6-9,12,15,19H,2-5,10-11,13-14H2,1H3. The summed E-state index contributed by atoms with van der Waals surface area (Å²) in [7, 11) is 1.80. The molecule has 0 radical (unpaired) electrons. The van der Waals surface area contributed by atoms with Crippen LogP contribution in [0.1, 0.15) is 31.2 Å². The van der Waals surface area contributed by atoms with Gasteiger partial charge in [-0.3, -0.25) is 4.90 Å². The number of aromatic nitrogens is 1. The summed E-state index contributed by atoms with van der Waals surface area (Å²) in [4.78, 5) is 5.88. The van der Waals surface area contributed by atoms with Crippen LogP contribution in [0, 0.1) is 5.92 Å². The Balaban J connectivity index is 1.56. The van der Waals surface area contributed by atoms with Gasteiger partial charge in [-0.15, -0.1) is 0 Å². The van der Waals surface area contributed by atoms with Crippen LogP contribution in [0.15, 0.2) is 30.5 Å². The summed E-state index contributed by atoms with van der Waals surface area (Å²) in [5, 5.41) is 1.32. The van der Waals surface area contributed by atoms with Gasteiger partial charge in [-0.1, -0.05) is 6.07 Å². The van der Waals surface area contributed by atoms with Gasteiger partial charge in [-0.25, -0.2) is 0 Å². The van der Waals surface area contributed by atoms with Crippen molar-refractivity contribution in [3.8, 4) is 0 Å². The highest BCUT2D eigenvalue weighted by atomic mass is 16.5. The Bertz CT molecular complexity index is 563. The van der Waals surface area contributed by atoms with Gasteiger partial charge in [0, 0.05) is 38.5 Å². The number of aromatic amines is 1. The van der Waals surface area contributed by atoms with Crippen molar-refractivity contribution in [1.29, 1.82) is 0 Å². The van der Waals surface area contributed by atoms with E-state index >= 15 is 0 Å². The van der Waals surface area contributed by atoms with E-state index in [9.17, 15) is 0 Å². The summed E-state index contributed by atoms with van der Waals surface area (Å²) in [6.45, 7) is 4.48. The third-order valence-electron chi connectivity index (χ3n) is 4.59. The molecule has 3 nitrogen and oxygen atoms in total. The lowest BCUT2D eigenvalue weighted by molar-refractivity contribution is 0.142. The minimum atomic E-state index is 0.852. The third-order valence-corrected chi connectivity index (χ3v) is 4.59. The second kappa shape index (κ2) is 7.10. The zero-order valence-electron chi connectivity index (χ0n) is 13.0. The Hall–Kier alpha value is -1.32. The monoisotopic (exact) mass is 286 g/mol. The number of methoxy groups -OCH3 is 1. The van der Waals surface area contributed by atoms with Crippen LogP contribution in [0.2, 0.25) is 0 Å². The van der Waals surface area contributed by atoms with Crippen molar-refractivity contribution in [2.75, 3.05) is 26.8 Å². The maximum absolute atomic E-state index is 5.17. The molecule has 1 unspecified atom stereocenters. The van der Waals surface area contributed by atoms with Crippen LogP contribution in [0.25, 0.3) is 10.9 Å². The summed E-state index contributed by atoms with van der Waals surface area (Å²) in [6.07, 6.45) is 7.24. The van der Waals surface area contributed by atoms with Gasteiger partial charge in [-0.2, -0.15) is 0 Å². The topological polar surface area (TPSA) is 28.3 Å². The number of nitrogens with one attached hydrogen (secondary N) is 1. The Morgan fingerprint density at radius 1 is 1.33 bits per heavy atom. The second-order valence-electron chi connectivity index (χ2n) is 6.28. The van der Waals surface area contributed by atoms with Gasteiger partial charge in [0.25, 0.3) is 0 Å². The first kappa shape index (κ1) is 14.6. The first-order valence-corrected chi connectivity index (χ1v) is 8.12. The number of piperidine rings is 1. The molecule has 1 aromatic carbocycles. The summed E-state index contributed by atoms with van der Waals surface area (Å²) in [5.74, 6) is 0.852. The first-order valence-electron chi connectivity index (χ1n) is 8.12. The van der Waals surface area contributed by atoms with Crippen molar-refractivity contribution in [3.05, 3.63) is 36.0 Å². The van der Waals surface area contributed by atoms with E-state index in [4.69, 9.17) is 4.74 Å².